The van der Waals surface area contributed by atoms with Gasteiger partial charge < -0.3 is 10.1 Å². The third kappa shape index (κ3) is 3.65. The minimum absolute atomic E-state index is 0.0476. The zero-order valence-corrected chi connectivity index (χ0v) is 12.4. The van der Waals surface area contributed by atoms with E-state index in [2.05, 4.69) is 17.4 Å². The van der Waals surface area contributed by atoms with E-state index in [9.17, 15) is 4.79 Å². The Labute approximate surface area is 128 Å². The summed E-state index contributed by atoms with van der Waals surface area (Å²) in [5, 5.41) is 2.99. The van der Waals surface area contributed by atoms with Crippen molar-refractivity contribution in [2.75, 3.05) is 11.9 Å². The van der Waals surface area contributed by atoms with Crippen LogP contribution in [0.1, 0.15) is 12.8 Å². The Morgan fingerprint density at radius 2 is 1.86 bits per heavy atom. The van der Waals surface area contributed by atoms with E-state index in [1.54, 1.807) is 11.8 Å². The van der Waals surface area contributed by atoms with Crippen LogP contribution in [0, 0.1) is 0 Å². The van der Waals surface area contributed by atoms with Crippen LogP contribution in [0.25, 0.3) is 0 Å². The van der Waals surface area contributed by atoms with Crippen LogP contribution in [0.4, 0.5) is 5.69 Å². The lowest BCUT2D eigenvalue weighted by atomic mass is 10.2. The molecule has 1 fully saturated rings. The van der Waals surface area contributed by atoms with E-state index in [1.807, 2.05) is 42.5 Å². The Hall–Kier alpha value is -1.78. The lowest BCUT2D eigenvalue weighted by Crippen LogP contribution is -2.27. The van der Waals surface area contributed by atoms with Gasteiger partial charge in [0.05, 0.1) is 5.69 Å². The van der Waals surface area contributed by atoms with Crippen molar-refractivity contribution in [1.29, 1.82) is 0 Å². The molecular formula is C17H17NO2S. The van der Waals surface area contributed by atoms with Gasteiger partial charge in [0, 0.05) is 16.4 Å². The summed E-state index contributed by atoms with van der Waals surface area (Å²) in [5.74, 6) is -0.0476. The molecule has 3 rings (SSSR count). The summed E-state index contributed by atoms with van der Waals surface area (Å²) in [5.41, 5.74) is 0.840. The Kier molecular flexibility index (Phi) is 4.58. The number of anilines is 1. The van der Waals surface area contributed by atoms with Crippen LogP contribution < -0.4 is 5.32 Å². The molecule has 1 saturated heterocycles. The van der Waals surface area contributed by atoms with Crippen LogP contribution in [-0.2, 0) is 9.53 Å². The van der Waals surface area contributed by atoms with Gasteiger partial charge >= 0.3 is 0 Å². The first-order valence-corrected chi connectivity index (χ1v) is 7.89. The van der Waals surface area contributed by atoms with Crippen molar-refractivity contribution in [1.82, 2.24) is 0 Å². The summed E-state index contributed by atoms with van der Waals surface area (Å²) >= 11 is 1.64. The molecule has 0 saturated carbocycles. The number of carbonyl (C=O) groups is 1. The maximum Gasteiger partial charge on any atom is 0.253 e. The lowest BCUT2D eigenvalue weighted by molar-refractivity contribution is -0.124. The quantitative estimate of drug-likeness (QED) is 0.929. The van der Waals surface area contributed by atoms with Crippen molar-refractivity contribution in [3.63, 3.8) is 0 Å². The van der Waals surface area contributed by atoms with E-state index in [0.29, 0.717) is 6.61 Å². The lowest BCUT2D eigenvalue weighted by Gasteiger charge is -2.13. The Bertz CT molecular complexity index is 609. The van der Waals surface area contributed by atoms with Gasteiger partial charge in [0.1, 0.15) is 6.10 Å². The van der Waals surface area contributed by atoms with E-state index in [0.717, 1.165) is 28.3 Å². The van der Waals surface area contributed by atoms with Crippen molar-refractivity contribution in [3.8, 4) is 0 Å². The molecule has 4 heteroatoms. The summed E-state index contributed by atoms with van der Waals surface area (Å²) in [7, 11) is 0. The largest absolute Gasteiger partial charge is 0.368 e. The molecule has 1 aliphatic heterocycles. The Morgan fingerprint density at radius 1 is 1.10 bits per heavy atom. The fourth-order valence-electron chi connectivity index (χ4n) is 2.27. The molecule has 2 aromatic carbocycles. The minimum atomic E-state index is -0.306. The van der Waals surface area contributed by atoms with Crippen LogP contribution in [0.15, 0.2) is 64.4 Å². The Morgan fingerprint density at radius 3 is 2.62 bits per heavy atom. The minimum Gasteiger partial charge on any atom is -0.368 e. The number of para-hydroxylation sites is 1. The average molecular weight is 299 g/mol. The van der Waals surface area contributed by atoms with Gasteiger partial charge in [0.2, 0.25) is 0 Å². The van der Waals surface area contributed by atoms with Gasteiger partial charge in [-0.25, -0.2) is 0 Å². The summed E-state index contributed by atoms with van der Waals surface area (Å²) in [6.45, 7) is 0.679. The van der Waals surface area contributed by atoms with Gasteiger partial charge in [-0.15, -0.1) is 0 Å². The Balaban J connectivity index is 1.74. The molecule has 1 aliphatic rings. The number of hydrogen-bond donors (Lipinski definition) is 1. The van der Waals surface area contributed by atoms with Gasteiger partial charge in [-0.3, -0.25) is 4.79 Å². The smallest absolute Gasteiger partial charge is 0.253 e. The highest BCUT2D eigenvalue weighted by Crippen LogP contribution is 2.33. The van der Waals surface area contributed by atoms with E-state index in [-0.39, 0.29) is 12.0 Å². The average Bonchev–Trinajstić information content (AvgIpc) is 3.05. The molecule has 0 aromatic heterocycles. The maximum atomic E-state index is 12.2. The zero-order chi connectivity index (χ0) is 14.5. The highest BCUT2D eigenvalue weighted by molar-refractivity contribution is 7.99. The molecule has 0 spiro atoms. The molecule has 3 nitrogen and oxygen atoms in total. The molecule has 108 valence electrons. The fourth-order valence-corrected chi connectivity index (χ4v) is 3.19. The first-order chi connectivity index (χ1) is 10.3. The van der Waals surface area contributed by atoms with Crippen molar-refractivity contribution in [2.24, 2.45) is 0 Å². The number of carbonyl (C=O) groups excluding carboxylic acids is 1. The second-order valence-corrected chi connectivity index (χ2v) is 6.02. The van der Waals surface area contributed by atoms with Gasteiger partial charge in [-0.05, 0) is 37.1 Å². The van der Waals surface area contributed by atoms with Crippen molar-refractivity contribution >= 4 is 23.4 Å². The highest BCUT2D eigenvalue weighted by Gasteiger charge is 2.24. The van der Waals surface area contributed by atoms with Gasteiger partial charge in [-0.1, -0.05) is 42.1 Å². The SMILES string of the molecule is O=C(Nc1ccccc1Sc1ccccc1)[C@H]1CCCO1. The third-order valence-electron chi connectivity index (χ3n) is 3.34. The number of hydrogen-bond acceptors (Lipinski definition) is 3. The second-order valence-electron chi connectivity index (χ2n) is 4.90. The molecule has 1 heterocycles. The monoisotopic (exact) mass is 299 g/mol. The number of nitrogens with one attached hydrogen (secondary N) is 1. The zero-order valence-electron chi connectivity index (χ0n) is 11.6. The predicted octanol–water partition coefficient (Wildman–Crippen LogP) is 3.96. The molecule has 0 bridgehead atoms. The first kappa shape index (κ1) is 14.2. The van der Waals surface area contributed by atoms with Gasteiger partial charge in [0.15, 0.2) is 0 Å². The first-order valence-electron chi connectivity index (χ1n) is 7.07. The summed E-state index contributed by atoms with van der Waals surface area (Å²) in [4.78, 5) is 14.4. The topological polar surface area (TPSA) is 38.3 Å². The number of ether oxygens (including phenoxy) is 1. The van der Waals surface area contributed by atoms with Crippen molar-refractivity contribution < 1.29 is 9.53 Å². The molecule has 0 unspecified atom stereocenters. The van der Waals surface area contributed by atoms with E-state index in [1.165, 1.54) is 0 Å². The molecule has 1 N–H and O–H groups in total. The van der Waals surface area contributed by atoms with Crippen LogP contribution in [0.5, 0.6) is 0 Å². The van der Waals surface area contributed by atoms with Gasteiger partial charge in [-0.2, -0.15) is 0 Å². The molecule has 1 atom stereocenters. The van der Waals surface area contributed by atoms with Crippen LogP contribution in [0.3, 0.4) is 0 Å². The predicted molar refractivity (Wildman–Crippen MR) is 84.6 cm³/mol. The second kappa shape index (κ2) is 6.78. The summed E-state index contributed by atoms with van der Waals surface area (Å²) in [6, 6.07) is 18.0. The van der Waals surface area contributed by atoms with Crippen molar-refractivity contribution in [3.05, 3.63) is 54.6 Å². The number of amides is 1. The molecule has 1 amide bonds. The summed E-state index contributed by atoms with van der Waals surface area (Å²) in [6.07, 6.45) is 1.46. The summed E-state index contributed by atoms with van der Waals surface area (Å²) < 4.78 is 5.43. The molecule has 0 aliphatic carbocycles. The highest BCUT2D eigenvalue weighted by atomic mass is 32.2. The van der Waals surface area contributed by atoms with E-state index < -0.39 is 0 Å². The van der Waals surface area contributed by atoms with Crippen LogP contribution in [0.2, 0.25) is 0 Å². The fraction of sp³-hybridized carbons (Fsp3) is 0.235. The van der Waals surface area contributed by atoms with Crippen molar-refractivity contribution in [2.45, 2.75) is 28.7 Å². The molecule has 2 aromatic rings. The van der Waals surface area contributed by atoms with E-state index in [4.69, 9.17) is 4.74 Å². The van der Waals surface area contributed by atoms with Crippen LogP contribution in [-0.4, -0.2) is 18.6 Å². The molecule has 0 radical (unpaired) electrons. The third-order valence-corrected chi connectivity index (χ3v) is 4.42. The molecule has 21 heavy (non-hydrogen) atoms. The number of rotatable bonds is 4. The number of benzene rings is 2. The van der Waals surface area contributed by atoms with Crippen LogP contribution >= 0.6 is 11.8 Å². The maximum absolute atomic E-state index is 12.2. The standard InChI is InChI=1S/C17H17NO2S/c19-17(15-10-6-12-20-15)18-14-9-4-5-11-16(14)21-13-7-2-1-3-8-13/h1-5,7-9,11,15H,6,10,12H2,(H,18,19)/t15-/m1/s1. The normalized spacial score (nSPS) is 17.6. The van der Waals surface area contributed by atoms with E-state index >= 15 is 0 Å². The van der Waals surface area contributed by atoms with Gasteiger partial charge in [0.25, 0.3) is 5.91 Å². The molecular weight excluding hydrogens is 282 g/mol.